The Morgan fingerprint density at radius 1 is 1.15 bits per heavy atom. The first-order chi connectivity index (χ1) is 12.1. The van der Waals surface area contributed by atoms with Crippen molar-refractivity contribution < 1.29 is 37.5 Å². The number of hydrogen-bond acceptors (Lipinski definition) is 7. The lowest BCUT2D eigenvalue weighted by Crippen LogP contribution is -2.47. The topological polar surface area (TPSA) is 143 Å². The molecule has 136 valence electrons. The number of hydrogen-bond donors (Lipinski definition) is 1. The van der Waals surface area contributed by atoms with Gasteiger partial charge in [0.05, 0.1) is 28.5 Å². The van der Waals surface area contributed by atoms with E-state index in [4.69, 9.17) is 5.11 Å². The summed E-state index contributed by atoms with van der Waals surface area (Å²) in [5, 5.41) is 8.77. The van der Waals surface area contributed by atoms with E-state index in [-0.39, 0.29) is 30.6 Å². The smallest absolute Gasteiger partial charge is 0.319 e. The van der Waals surface area contributed by atoms with Crippen molar-refractivity contribution in [1.29, 1.82) is 0 Å². The molecule has 2 amide bonds. The average molecular weight is 379 g/mol. The van der Waals surface area contributed by atoms with Gasteiger partial charge >= 0.3 is 5.97 Å². The molecule has 10 heteroatoms. The van der Waals surface area contributed by atoms with E-state index < -0.39 is 55.7 Å². The maximum absolute atomic E-state index is 12.7. The number of carboxylic acid groups (broad SMARTS) is 1. The minimum absolute atomic E-state index is 0.0135. The fraction of sp³-hybridized carbons (Fsp3) is 0.312. The summed E-state index contributed by atoms with van der Waals surface area (Å²) in [6.45, 7) is 0. The molecule has 1 unspecified atom stereocenters. The van der Waals surface area contributed by atoms with Gasteiger partial charge in [-0.1, -0.05) is 6.07 Å². The monoisotopic (exact) mass is 379 g/mol. The zero-order chi connectivity index (χ0) is 19.2. The summed E-state index contributed by atoms with van der Waals surface area (Å²) in [6, 6.07) is 2.40. The lowest BCUT2D eigenvalue weighted by molar-refractivity contribution is -0.134. The maximum atomic E-state index is 12.7. The van der Waals surface area contributed by atoms with Crippen LogP contribution in [0.5, 0.6) is 0 Å². The number of nitrogens with zero attached hydrogens (tertiary/aromatic N) is 1. The van der Waals surface area contributed by atoms with Crippen LogP contribution in [0, 0.1) is 0 Å². The molecule has 1 aliphatic carbocycles. The van der Waals surface area contributed by atoms with Crippen LogP contribution in [-0.4, -0.2) is 59.6 Å². The summed E-state index contributed by atoms with van der Waals surface area (Å²) in [5.41, 5.74) is -0.630. The molecule has 1 heterocycles. The summed E-state index contributed by atoms with van der Waals surface area (Å²) in [6.07, 6.45) is -0.365. The van der Waals surface area contributed by atoms with E-state index in [2.05, 4.69) is 0 Å². The van der Waals surface area contributed by atoms with E-state index in [0.717, 1.165) is 6.07 Å². The molecule has 2 aliphatic rings. The minimum Gasteiger partial charge on any atom is -0.480 e. The van der Waals surface area contributed by atoms with Crippen LogP contribution in [0.2, 0.25) is 0 Å². The highest BCUT2D eigenvalue weighted by Gasteiger charge is 2.46. The van der Waals surface area contributed by atoms with Gasteiger partial charge in [-0.25, -0.2) is 8.42 Å². The number of Topliss-reactive ketones (excluding diaryl/α,β-unsaturated/α-hetero) is 2. The predicted molar refractivity (Wildman–Crippen MR) is 84.3 cm³/mol. The number of benzene rings is 1. The summed E-state index contributed by atoms with van der Waals surface area (Å²) in [4.78, 5) is 59.7. The molecule has 0 spiro atoms. The number of carbonyl (C=O) groups is 5. The zero-order valence-electron chi connectivity index (χ0n) is 13.3. The van der Waals surface area contributed by atoms with Crippen molar-refractivity contribution in [2.75, 3.05) is 5.75 Å². The van der Waals surface area contributed by atoms with Gasteiger partial charge in [0.15, 0.2) is 21.4 Å². The maximum Gasteiger partial charge on any atom is 0.319 e. The molecule has 9 nitrogen and oxygen atoms in total. The number of rotatable bonds is 4. The molecule has 1 aliphatic heterocycles. The highest BCUT2D eigenvalue weighted by molar-refractivity contribution is 7.92. The van der Waals surface area contributed by atoms with E-state index in [0.29, 0.717) is 4.90 Å². The first-order valence-electron chi connectivity index (χ1n) is 7.63. The van der Waals surface area contributed by atoms with Gasteiger partial charge in [-0.05, 0) is 18.6 Å². The highest BCUT2D eigenvalue weighted by Crippen LogP contribution is 2.33. The van der Waals surface area contributed by atoms with Gasteiger partial charge in [0.25, 0.3) is 11.8 Å². The Bertz CT molecular complexity index is 978. The molecule has 0 bridgehead atoms. The second kappa shape index (κ2) is 6.13. The van der Waals surface area contributed by atoms with Crippen LogP contribution in [0.4, 0.5) is 0 Å². The van der Waals surface area contributed by atoms with E-state index in [1.165, 1.54) is 12.1 Å². The van der Waals surface area contributed by atoms with Crippen LogP contribution < -0.4 is 0 Å². The van der Waals surface area contributed by atoms with Crippen molar-refractivity contribution in [3.05, 3.63) is 29.3 Å². The number of amides is 2. The van der Waals surface area contributed by atoms with E-state index in [1.54, 1.807) is 0 Å². The Balaban J connectivity index is 2.06. The second-order valence-electron chi connectivity index (χ2n) is 6.05. The number of imide groups is 1. The molecule has 1 atom stereocenters. The summed E-state index contributed by atoms with van der Waals surface area (Å²) in [7, 11) is -4.36. The Hall–Kier alpha value is -2.88. The number of sulfone groups is 1. The summed E-state index contributed by atoms with van der Waals surface area (Å²) >= 11 is 0. The molecular weight excluding hydrogens is 366 g/mol. The van der Waals surface area contributed by atoms with Crippen molar-refractivity contribution in [1.82, 2.24) is 4.90 Å². The fourth-order valence-corrected chi connectivity index (χ4v) is 4.46. The third-order valence-corrected chi connectivity index (χ3v) is 5.95. The molecule has 1 N–H and O–H groups in total. The van der Waals surface area contributed by atoms with E-state index in [9.17, 15) is 32.4 Å². The lowest BCUT2D eigenvalue weighted by Gasteiger charge is -2.27. The molecule has 26 heavy (non-hydrogen) atoms. The number of carbonyl (C=O) groups excluding carboxylic acids is 4. The summed E-state index contributed by atoms with van der Waals surface area (Å²) < 4.78 is 24.5. The third kappa shape index (κ3) is 2.81. The third-order valence-electron chi connectivity index (χ3n) is 4.31. The van der Waals surface area contributed by atoms with Crippen LogP contribution in [0.15, 0.2) is 23.1 Å². The van der Waals surface area contributed by atoms with Crippen LogP contribution in [0.25, 0.3) is 0 Å². The number of fused-ring (bicyclic) bond motifs is 1. The van der Waals surface area contributed by atoms with Gasteiger partial charge in [-0.2, -0.15) is 0 Å². The van der Waals surface area contributed by atoms with Crippen molar-refractivity contribution in [2.24, 2.45) is 0 Å². The van der Waals surface area contributed by atoms with Crippen molar-refractivity contribution in [3.63, 3.8) is 0 Å². The standard InChI is InChI=1S/C16H13NO8S/c18-8-4-5-10(11(19)6-8)17-15(22)9-2-1-3-12(14(9)16(17)23)26(24,25)7-13(20)21/h1-3,10H,4-7H2,(H,20,21). The first kappa shape index (κ1) is 17.9. The quantitative estimate of drug-likeness (QED) is 0.561. The van der Waals surface area contributed by atoms with Crippen LogP contribution in [-0.2, 0) is 24.2 Å². The first-order valence-corrected chi connectivity index (χ1v) is 9.28. The minimum atomic E-state index is -4.36. The fourth-order valence-electron chi connectivity index (χ4n) is 3.19. The SMILES string of the molecule is O=C(O)CS(=O)(=O)c1cccc2c1C(=O)N(C1CCC(=O)CC1=O)C2=O. The molecule has 1 saturated carbocycles. The zero-order valence-corrected chi connectivity index (χ0v) is 14.1. The van der Waals surface area contributed by atoms with Gasteiger partial charge in [-0.15, -0.1) is 0 Å². The van der Waals surface area contributed by atoms with Crippen molar-refractivity contribution >= 4 is 39.2 Å². The van der Waals surface area contributed by atoms with Crippen molar-refractivity contribution in [3.8, 4) is 0 Å². The number of aliphatic carboxylic acids is 1. The molecule has 1 aromatic carbocycles. The molecule has 0 radical (unpaired) electrons. The number of carboxylic acids is 1. The van der Waals surface area contributed by atoms with Gasteiger partial charge in [0.2, 0.25) is 0 Å². The molecule has 3 rings (SSSR count). The lowest BCUT2D eigenvalue weighted by atomic mass is 9.92. The van der Waals surface area contributed by atoms with Crippen LogP contribution >= 0.6 is 0 Å². The van der Waals surface area contributed by atoms with Gasteiger partial charge in [0.1, 0.15) is 5.78 Å². The van der Waals surface area contributed by atoms with Gasteiger partial charge in [-0.3, -0.25) is 28.9 Å². The molecule has 0 aromatic heterocycles. The number of ketones is 2. The van der Waals surface area contributed by atoms with Crippen LogP contribution in [0.3, 0.4) is 0 Å². The van der Waals surface area contributed by atoms with Crippen LogP contribution in [0.1, 0.15) is 40.0 Å². The largest absolute Gasteiger partial charge is 0.480 e. The van der Waals surface area contributed by atoms with Crippen molar-refractivity contribution in [2.45, 2.75) is 30.2 Å². The Labute approximate surface area is 147 Å². The Kier molecular flexibility index (Phi) is 4.23. The van der Waals surface area contributed by atoms with Gasteiger partial charge in [0, 0.05) is 6.42 Å². The Morgan fingerprint density at radius 2 is 1.85 bits per heavy atom. The molecule has 1 fully saturated rings. The predicted octanol–water partition coefficient (Wildman–Crippen LogP) is -0.168. The molecule has 1 aromatic rings. The van der Waals surface area contributed by atoms with Gasteiger partial charge < -0.3 is 5.11 Å². The van der Waals surface area contributed by atoms with E-state index in [1.807, 2.05) is 0 Å². The summed E-state index contributed by atoms with van der Waals surface area (Å²) in [5.74, 6) is -5.50. The van der Waals surface area contributed by atoms with E-state index >= 15 is 0 Å². The molecular formula is C16H13NO8S. The second-order valence-corrected chi connectivity index (χ2v) is 8.01. The molecule has 0 saturated heterocycles. The normalized spacial score (nSPS) is 20.5. The highest BCUT2D eigenvalue weighted by atomic mass is 32.2. The average Bonchev–Trinajstić information content (AvgIpc) is 2.78. The Morgan fingerprint density at radius 3 is 2.46 bits per heavy atom.